The van der Waals surface area contributed by atoms with Crippen LogP contribution >= 0.6 is 0 Å². The smallest absolute Gasteiger partial charge is 0.338 e. The van der Waals surface area contributed by atoms with Gasteiger partial charge in [-0.05, 0) is 24.7 Å². The Morgan fingerprint density at radius 2 is 2.11 bits per heavy atom. The number of carbonyl (C=O) groups is 1. The molecule has 2 atom stereocenters. The first-order valence-corrected chi connectivity index (χ1v) is 6.63. The van der Waals surface area contributed by atoms with Gasteiger partial charge in [-0.15, -0.1) is 6.58 Å². The molecule has 2 aliphatic rings. The van der Waals surface area contributed by atoms with Crippen molar-refractivity contribution >= 4 is 5.97 Å². The molecule has 18 heavy (non-hydrogen) atoms. The normalized spacial score (nSPS) is 28.5. The van der Waals surface area contributed by atoms with Crippen molar-refractivity contribution in [3.8, 4) is 0 Å². The van der Waals surface area contributed by atoms with Gasteiger partial charge in [-0.1, -0.05) is 26.8 Å². The molecule has 100 valence electrons. The van der Waals surface area contributed by atoms with E-state index in [4.69, 9.17) is 9.47 Å². The lowest BCUT2D eigenvalue weighted by atomic mass is 9.86. The highest BCUT2D eigenvalue weighted by Crippen LogP contribution is 2.37. The Balaban J connectivity index is 2.19. The lowest BCUT2D eigenvalue weighted by molar-refractivity contribution is -0.137. The van der Waals surface area contributed by atoms with Crippen LogP contribution in [0.4, 0.5) is 0 Å². The largest absolute Gasteiger partial charge is 0.490 e. The van der Waals surface area contributed by atoms with Crippen LogP contribution in [0.3, 0.4) is 0 Å². The molecule has 0 radical (unpaired) electrons. The SMILES string of the molecule is C=C[C@@H]1CCC[C@@H]1OC1=C(C(C)(C)C)C(=O)OC1. The van der Waals surface area contributed by atoms with Crippen LogP contribution in [-0.2, 0) is 14.3 Å². The number of esters is 1. The van der Waals surface area contributed by atoms with Crippen molar-refractivity contribution in [2.75, 3.05) is 6.61 Å². The molecule has 0 unspecified atom stereocenters. The van der Waals surface area contributed by atoms with E-state index in [0.717, 1.165) is 25.0 Å². The molecule has 1 fully saturated rings. The van der Waals surface area contributed by atoms with Crippen LogP contribution in [-0.4, -0.2) is 18.7 Å². The summed E-state index contributed by atoms with van der Waals surface area (Å²) in [5.41, 5.74) is 0.461. The fourth-order valence-corrected chi connectivity index (χ4v) is 2.76. The van der Waals surface area contributed by atoms with Crippen LogP contribution in [0.15, 0.2) is 24.0 Å². The van der Waals surface area contributed by atoms with Crippen LogP contribution in [0.2, 0.25) is 0 Å². The lowest BCUT2D eigenvalue weighted by Crippen LogP contribution is -2.20. The molecule has 0 saturated heterocycles. The minimum absolute atomic E-state index is 0.157. The zero-order chi connectivity index (χ0) is 13.3. The van der Waals surface area contributed by atoms with E-state index < -0.39 is 0 Å². The van der Waals surface area contributed by atoms with Crippen molar-refractivity contribution in [3.05, 3.63) is 24.0 Å². The average Bonchev–Trinajstić information content (AvgIpc) is 2.84. The molecule has 3 nitrogen and oxygen atoms in total. The van der Waals surface area contributed by atoms with E-state index in [1.807, 2.05) is 26.8 Å². The number of carbonyl (C=O) groups excluding carboxylic acids is 1. The van der Waals surface area contributed by atoms with Crippen LogP contribution in [0.1, 0.15) is 40.0 Å². The van der Waals surface area contributed by atoms with Gasteiger partial charge in [-0.2, -0.15) is 0 Å². The minimum Gasteiger partial charge on any atom is -0.490 e. The summed E-state index contributed by atoms with van der Waals surface area (Å²) in [6, 6.07) is 0. The maximum absolute atomic E-state index is 11.8. The van der Waals surface area contributed by atoms with Gasteiger partial charge in [0.2, 0.25) is 0 Å². The lowest BCUT2D eigenvalue weighted by Gasteiger charge is -2.23. The van der Waals surface area contributed by atoms with Gasteiger partial charge in [-0.25, -0.2) is 4.79 Å². The van der Waals surface area contributed by atoms with Crippen molar-refractivity contribution in [1.29, 1.82) is 0 Å². The maximum Gasteiger partial charge on any atom is 0.338 e. The van der Waals surface area contributed by atoms with E-state index >= 15 is 0 Å². The van der Waals surface area contributed by atoms with Gasteiger partial charge in [-0.3, -0.25) is 0 Å². The molecular formula is C15H22O3. The highest BCUT2D eigenvalue weighted by Gasteiger charge is 2.37. The van der Waals surface area contributed by atoms with E-state index in [1.54, 1.807) is 0 Å². The molecule has 1 aliphatic heterocycles. The molecule has 0 aromatic rings. The molecule has 1 heterocycles. The zero-order valence-corrected chi connectivity index (χ0v) is 11.5. The summed E-state index contributed by atoms with van der Waals surface area (Å²) in [6.07, 6.45) is 5.44. The Bertz CT molecular complexity index is 387. The summed E-state index contributed by atoms with van der Waals surface area (Å²) in [5.74, 6) is 0.895. The molecule has 1 aliphatic carbocycles. The molecule has 0 N–H and O–H groups in total. The summed E-state index contributed by atoms with van der Waals surface area (Å²) in [4.78, 5) is 11.8. The topological polar surface area (TPSA) is 35.5 Å². The van der Waals surface area contributed by atoms with Crippen molar-refractivity contribution < 1.29 is 14.3 Å². The molecular weight excluding hydrogens is 228 g/mol. The summed E-state index contributed by atoms with van der Waals surface area (Å²) in [5, 5.41) is 0. The van der Waals surface area contributed by atoms with Crippen LogP contribution in [0, 0.1) is 11.3 Å². The molecule has 1 saturated carbocycles. The second-order valence-corrected chi connectivity index (χ2v) is 6.11. The zero-order valence-electron chi connectivity index (χ0n) is 11.5. The fraction of sp³-hybridized carbons (Fsp3) is 0.667. The van der Waals surface area contributed by atoms with E-state index in [0.29, 0.717) is 11.5 Å². The molecule has 0 aromatic heterocycles. The van der Waals surface area contributed by atoms with Crippen LogP contribution in [0.25, 0.3) is 0 Å². The third kappa shape index (κ3) is 2.45. The number of hydrogen-bond acceptors (Lipinski definition) is 3. The summed E-state index contributed by atoms with van der Waals surface area (Å²) >= 11 is 0. The maximum atomic E-state index is 11.8. The third-order valence-electron chi connectivity index (χ3n) is 3.67. The summed E-state index contributed by atoms with van der Waals surface area (Å²) in [7, 11) is 0. The van der Waals surface area contributed by atoms with Gasteiger partial charge >= 0.3 is 5.97 Å². The Morgan fingerprint density at radius 1 is 1.39 bits per heavy atom. The fourth-order valence-electron chi connectivity index (χ4n) is 2.76. The Labute approximate surface area is 109 Å². The van der Waals surface area contributed by atoms with Crippen molar-refractivity contribution in [3.63, 3.8) is 0 Å². The molecule has 0 bridgehead atoms. The quantitative estimate of drug-likeness (QED) is 0.570. The average molecular weight is 250 g/mol. The van der Waals surface area contributed by atoms with E-state index in [-0.39, 0.29) is 24.1 Å². The van der Waals surface area contributed by atoms with E-state index in [9.17, 15) is 4.79 Å². The molecule has 2 rings (SSSR count). The van der Waals surface area contributed by atoms with E-state index in [2.05, 4.69) is 6.58 Å². The molecule has 3 heteroatoms. The Kier molecular flexibility index (Phi) is 3.51. The Morgan fingerprint density at radius 3 is 2.72 bits per heavy atom. The standard InChI is InChI=1S/C15H22O3/c1-5-10-7-6-8-11(10)18-12-9-17-14(16)13(12)15(2,3)4/h5,10-11H,1,6-9H2,2-4H3/t10-,11+/m1/s1. The van der Waals surface area contributed by atoms with Gasteiger partial charge in [0.05, 0.1) is 5.57 Å². The van der Waals surface area contributed by atoms with E-state index in [1.165, 1.54) is 0 Å². The number of cyclic esters (lactones) is 1. The number of hydrogen-bond donors (Lipinski definition) is 0. The van der Waals surface area contributed by atoms with Crippen LogP contribution < -0.4 is 0 Å². The van der Waals surface area contributed by atoms with Crippen molar-refractivity contribution in [2.45, 2.75) is 46.1 Å². The van der Waals surface area contributed by atoms with Gasteiger partial charge in [0.25, 0.3) is 0 Å². The predicted octanol–water partition coefficient (Wildman–Crippen LogP) is 3.21. The summed E-state index contributed by atoms with van der Waals surface area (Å²) in [6.45, 7) is 10.2. The molecule has 0 spiro atoms. The summed E-state index contributed by atoms with van der Waals surface area (Å²) < 4.78 is 11.2. The second-order valence-electron chi connectivity index (χ2n) is 6.11. The molecule has 0 aromatic carbocycles. The van der Waals surface area contributed by atoms with Gasteiger partial charge in [0.1, 0.15) is 18.5 Å². The monoisotopic (exact) mass is 250 g/mol. The third-order valence-corrected chi connectivity index (χ3v) is 3.67. The number of ether oxygens (including phenoxy) is 2. The first kappa shape index (κ1) is 13.2. The second kappa shape index (κ2) is 4.79. The highest BCUT2D eigenvalue weighted by atomic mass is 16.6. The van der Waals surface area contributed by atoms with Gasteiger partial charge in [0.15, 0.2) is 0 Å². The van der Waals surface area contributed by atoms with Gasteiger partial charge < -0.3 is 9.47 Å². The first-order valence-electron chi connectivity index (χ1n) is 6.63. The van der Waals surface area contributed by atoms with Crippen molar-refractivity contribution in [2.24, 2.45) is 11.3 Å². The van der Waals surface area contributed by atoms with Crippen molar-refractivity contribution in [1.82, 2.24) is 0 Å². The number of rotatable bonds is 3. The predicted molar refractivity (Wildman–Crippen MR) is 69.9 cm³/mol. The Hall–Kier alpha value is -1.25. The minimum atomic E-state index is -0.231. The van der Waals surface area contributed by atoms with Gasteiger partial charge in [0, 0.05) is 5.92 Å². The van der Waals surface area contributed by atoms with Crippen LogP contribution in [0.5, 0.6) is 0 Å². The first-order chi connectivity index (χ1) is 8.43. The highest BCUT2D eigenvalue weighted by molar-refractivity contribution is 5.92. The molecule has 0 amide bonds.